The average Bonchev–Trinajstić information content (AvgIpc) is 2.51. The molecule has 4 heteroatoms. The number of urea groups is 1. The van der Waals surface area contributed by atoms with Crippen LogP contribution in [0.2, 0.25) is 0 Å². The van der Waals surface area contributed by atoms with Gasteiger partial charge in [-0.25, -0.2) is 4.79 Å². The van der Waals surface area contributed by atoms with Crippen molar-refractivity contribution in [3.05, 3.63) is 0 Å². The van der Waals surface area contributed by atoms with Crippen LogP contribution in [0.3, 0.4) is 0 Å². The molecule has 1 unspecified atom stereocenters. The predicted molar refractivity (Wildman–Crippen MR) is 66.6 cm³/mol. The maximum absolute atomic E-state index is 11.6. The van der Waals surface area contributed by atoms with Crippen LogP contribution < -0.4 is 10.6 Å². The number of carbonyl (C=O) groups is 1. The molecular weight excluding hydrogens is 202 g/mol. The first kappa shape index (κ1) is 13.3. The molecule has 1 heterocycles. The van der Waals surface area contributed by atoms with Gasteiger partial charge in [-0.2, -0.15) is 0 Å². The molecule has 0 radical (unpaired) electrons. The van der Waals surface area contributed by atoms with E-state index >= 15 is 0 Å². The molecule has 0 aromatic rings. The monoisotopic (exact) mass is 227 g/mol. The zero-order valence-electron chi connectivity index (χ0n) is 11.0. The molecule has 0 aliphatic carbocycles. The molecule has 1 fully saturated rings. The molecule has 1 aliphatic heterocycles. The van der Waals surface area contributed by atoms with Gasteiger partial charge in [-0.3, -0.25) is 0 Å². The third-order valence-electron chi connectivity index (χ3n) is 2.60. The first-order chi connectivity index (χ1) is 7.37. The minimum absolute atomic E-state index is 0.0702. The summed E-state index contributed by atoms with van der Waals surface area (Å²) in [4.78, 5) is 14.0. The van der Waals surface area contributed by atoms with Crippen molar-refractivity contribution in [1.82, 2.24) is 15.5 Å². The van der Waals surface area contributed by atoms with Crippen molar-refractivity contribution in [1.29, 1.82) is 0 Å². The van der Waals surface area contributed by atoms with Crippen molar-refractivity contribution in [2.24, 2.45) is 0 Å². The highest BCUT2D eigenvalue weighted by molar-refractivity contribution is 5.74. The minimum Gasteiger partial charge on any atom is -0.334 e. The fourth-order valence-electron chi connectivity index (χ4n) is 2.00. The van der Waals surface area contributed by atoms with E-state index in [1.165, 1.54) is 25.9 Å². The Balaban J connectivity index is 2.22. The maximum atomic E-state index is 11.6. The zero-order chi connectivity index (χ0) is 12.2. The lowest BCUT2D eigenvalue weighted by Gasteiger charge is -2.25. The van der Waals surface area contributed by atoms with E-state index in [9.17, 15) is 4.79 Å². The Morgan fingerprint density at radius 1 is 1.31 bits per heavy atom. The molecule has 1 saturated heterocycles. The van der Waals surface area contributed by atoms with Crippen LogP contribution in [0.4, 0.5) is 4.79 Å². The van der Waals surface area contributed by atoms with Crippen molar-refractivity contribution in [3.63, 3.8) is 0 Å². The maximum Gasteiger partial charge on any atom is 0.315 e. The van der Waals surface area contributed by atoms with Crippen LogP contribution in [0.5, 0.6) is 0 Å². The summed E-state index contributed by atoms with van der Waals surface area (Å²) in [5.41, 5.74) is -0.169. The topological polar surface area (TPSA) is 44.4 Å². The molecule has 1 rings (SSSR count). The van der Waals surface area contributed by atoms with Gasteiger partial charge in [0.05, 0.1) is 0 Å². The highest BCUT2D eigenvalue weighted by atomic mass is 16.2. The Morgan fingerprint density at radius 3 is 2.38 bits per heavy atom. The molecule has 0 saturated carbocycles. The first-order valence-electron chi connectivity index (χ1n) is 6.18. The number of nitrogens with one attached hydrogen (secondary N) is 2. The lowest BCUT2D eigenvalue weighted by molar-refractivity contribution is 0.223. The van der Waals surface area contributed by atoms with Gasteiger partial charge in [0.2, 0.25) is 0 Å². The van der Waals surface area contributed by atoms with Crippen LogP contribution in [0.15, 0.2) is 0 Å². The Hall–Kier alpha value is -0.770. The van der Waals surface area contributed by atoms with E-state index in [-0.39, 0.29) is 17.6 Å². The lowest BCUT2D eigenvalue weighted by Crippen LogP contribution is -2.51. The molecule has 0 spiro atoms. The number of nitrogens with zero attached hydrogens (tertiary/aromatic N) is 1. The molecule has 0 aromatic carbocycles. The molecule has 2 amide bonds. The van der Waals surface area contributed by atoms with E-state index in [0.717, 1.165) is 6.54 Å². The second kappa shape index (κ2) is 5.53. The largest absolute Gasteiger partial charge is 0.334 e. The number of carbonyl (C=O) groups excluding carboxylic acids is 1. The molecule has 0 aromatic heterocycles. The Labute approximate surface area is 98.8 Å². The highest BCUT2D eigenvalue weighted by Crippen LogP contribution is 2.07. The summed E-state index contributed by atoms with van der Waals surface area (Å²) < 4.78 is 0. The standard InChI is InChI=1S/C12H25N3O/c1-10(9-15-7-5-6-8-15)13-11(16)14-12(2,3)4/h10H,5-9H2,1-4H3,(H2,13,14,16). The third-order valence-corrected chi connectivity index (χ3v) is 2.60. The van der Waals surface area contributed by atoms with Gasteiger partial charge in [-0.15, -0.1) is 0 Å². The molecule has 94 valence electrons. The van der Waals surface area contributed by atoms with Crippen LogP contribution in [-0.4, -0.2) is 42.1 Å². The summed E-state index contributed by atoms with van der Waals surface area (Å²) >= 11 is 0. The summed E-state index contributed by atoms with van der Waals surface area (Å²) in [5.74, 6) is 0. The number of hydrogen-bond acceptors (Lipinski definition) is 2. The van der Waals surface area contributed by atoms with E-state index in [1.54, 1.807) is 0 Å². The van der Waals surface area contributed by atoms with E-state index in [1.807, 2.05) is 20.8 Å². The van der Waals surface area contributed by atoms with Crippen molar-refractivity contribution >= 4 is 6.03 Å². The molecule has 4 nitrogen and oxygen atoms in total. The average molecular weight is 227 g/mol. The molecule has 1 aliphatic rings. The van der Waals surface area contributed by atoms with Gasteiger partial charge in [0.25, 0.3) is 0 Å². The van der Waals surface area contributed by atoms with Crippen LogP contribution in [-0.2, 0) is 0 Å². The van der Waals surface area contributed by atoms with Crippen molar-refractivity contribution < 1.29 is 4.79 Å². The second-order valence-corrected chi connectivity index (χ2v) is 5.76. The van der Waals surface area contributed by atoms with E-state index in [4.69, 9.17) is 0 Å². The van der Waals surface area contributed by atoms with Crippen molar-refractivity contribution in [3.8, 4) is 0 Å². The molecule has 16 heavy (non-hydrogen) atoms. The Bertz CT molecular complexity index is 229. The fourth-order valence-corrected chi connectivity index (χ4v) is 2.00. The van der Waals surface area contributed by atoms with E-state index < -0.39 is 0 Å². The van der Waals surface area contributed by atoms with Gasteiger partial charge in [-0.05, 0) is 53.6 Å². The van der Waals surface area contributed by atoms with E-state index in [0.29, 0.717) is 0 Å². The Kier molecular flexibility index (Phi) is 4.59. The van der Waals surface area contributed by atoms with Gasteiger partial charge in [0.1, 0.15) is 0 Å². The zero-order valence-corrected chi connectivity index (χ0v) is 11.0. The van der Waals surface area contributed by atoms with E-state index in [2.05, 4.69) is 22.5 Å². The van der Waals surface area contributed by atoms with Crippen LogP contribution in [0.1, 0.15) is 40.5 Å². The second-order valence-electron chi connectivity index (χ2n) is 5.76. The smallest absolute Gasteiger partial charge is 0.315 e. The summed E-state index contributed by atoms with van der Waals surface area (Å²) in [5, 5.41) is 5.88. The van der Waals surface area contributed by atoms with Gasteiger partial charge in [-0.1, -0.05) is 0 Å². The minimum atomic E-state index is -0.169. The summed E-state index contributed by atoms with van der Waals surface area (Å²) in [7, 11) is 0. The predicted octanol–water partition coefficient (Wildman–Crippen LogP) is 1.57. The van der Waals surface area contributed by atoms with Gasteiger partial charge in [0, 0.05) is 18.1 Å². The Morgan fingerprint density at radius 2 is 1.88 bits per heavy atom. The van der Waals surface area contributed by atoms with Gasteiger partial charge < -0.3 is 15.5 Å². The highest BCUT2D eigenvalue weighted by Gasteiger charge is 2.18. The first-order valence-corrected chi connectivity index (χ1v) is 6.18. The number of hydrogen-bond donors (Lipinski definition) is 2. The van der Waals surface area contributed by atoms with Crippen LogP contribution in [0, 0.1) is 0 Å². The summed E-state index contributed by atoms with van der Waals surface area (Å²) in [6.07, 6.45) is 2.59. The quantitative estimate of drug-likeness (QED) is 0.768. The summed E-state index contributed by atoms with van der Waals surface area (Å²) in [6, 6.07) is 0.139. The lowest BCUT2D eigenvalue weighted by atomic mass is 10.1. The van der Waals surface area contributed by atoms with Crippen molar-refractivity contribution in [2.45, 2.75) is 52.1 Å². The number of likely N-dealkylation sites (tertiary alicyclic amines) is 1. The van der Waals surface area contributed by atoms with Crippen LogP contribution >= 0.6 is 0 Å². The molecule has 2 N–H and O–H groups in total. The number of rotatable bonds is 3. The molecular formula is C12H25N3O. The normalized spacial score (nSPS) is 19.5. The third kappa shape index (κ3) is 5.35. The van der Waals surface area contributed by atoms with Gasteiger partial charge >= 0.3 is 6.03 Å². The summed E-state index contributed by atoms with van der Waals surface area (Å²) in [6.45, 7) is 11.3. The van der Waals surface area contributed by atoms with Gasteiger partial charge in [0.15, 0.2) is 0 Å². The fraction of sp³-hybridized carbons (Fsp3) is 0.917. The SMILES string of the molecule is CC(CN1CCCC1)NC(=O)NC(C)(C)C. The molecule has 0 bridgehead atoms. The van der Waals surface area contributed by atoms with Crippen molar-refractivity contribution in [2.75, 3.05) is 19.6 Å². The molecule has 1 atom stereocenters. The van der Waals surface area contributed by atoms with Crippen LogP contribution in [0.25, 0.3) is 0 Å². The number of amides is 2.